The molecule has 12 heteroatoms. The fourth-order valence-corrected chi connectivity index (χ4v) is 4.90. The summed E-state index contributed by atoms with van der Waals surface area (Å²) in [6.07, 6.45) is 1.74. The lowest BCUT2D eigenvalue weighted by molar-refractivity contribution is -0.276. The Bertz CT molecular complexity index is 1310. The lowest BCUT2D eigenvalue weighted by Gasteiger charge is -2.36. The minimum absolute atomic E-state index is 0.106. The first-order valence-electron chi connectivity index (χ1n) is 11.3. The predicted octanol–water partition coefficient (Wildman–Crippen LogP) is 4.37. The Morgan fingerprint density at radius 1 is 1.22 bits per heavy atom. The highest BCUT2D eigenvalue weighted by atomic mass is 35.5. The molecule has 5 heterocycles. The van der Waals surface area contributed by atoms with Crippen molar-refractivity contribution in [3.05, 3.63) is 58.6 Å². The molecule has 1 N–H and O–H groups in total. The Hall–Kier alpha value is -3.47. The van der Waals surface area contributed by atoms with Crippen LogP contribution < -0.4 is 10.1 Å². The number of fused-ring (bicyclic) bond motifs is 1. The lowest BCUT2D eigenvalue weighted by Crippen LogP contribution is -2.45. The number of aromatic nitrogens is 4. The summed E-state index contributed by atoms with van der Waals surface area (Å²) in [5, 5.41) is 3.67. The van der Waals surface area contributed by atoms with E-state index < -0.39 is 12.2 Å². The second-order valence-electron chi connectivity index (χ2n) is 9.01. The van der Waals surface area contributed by atoms with Crippen molar-refractivity contribution in [3.63, 3.8) is 0 Å². The van der Waals surface area contributed by atoms with Gasteiger partial charge in [0.15, 0.2) is 5.82 Å². The number of aryl methyl sites for hydroxylation is 2. The van der Waals surface area contributed by atoms with E-state index in [1.807, 2.05) is 6.92 Å². The molecule has 0 radical (unpaired) electrons. The quantitative estimate of drug-likeness (QED) is 0.548. The molecular weight excluding hydrogens is 497 g/mol. The maximum Gasteiger partial charge on any atom is 0.574 e. The molecule has 0 aliphatic carbocycles. The number of nitrogens with zero attached hydrogens (tertiary/aromatic N) is 5. The zero-order valence-electron chi connectivity index (χ0n) is 19.3. The Kier molecular flexibility index (Phi) is 6.19. The van der Waals surface area contributed by atoms with Gasteiger partial charge in [-0.15, -0.1) is 13.2 Å². The molecule has 36 heavy (non-hydrogen) atoms. The van der Waals surface area contributed by atoms with Gasteiger partial charge < -0.3 is 15.0 Å². The highest BCUT2D eigenvalue weighted by Crippen LogP contribution is 2.38. The highest BCUT2D eigenvalue weighted by molar-refractivity contribution is 6.31. The molecule has 2 aliphatic rings. The van der Waals surface area contributed by atoms with E-state index in [0.29, 0.717) is 18.9 Å². The van der Waals surface area contributed by atoms with Crippen molar-refractivity contribution < 1.29 is 22.7 Å². The molecule has 2 aliphatic heterocycles. The third-order valence-electron chi connectivity index (χ3n) is 6.53. The number of ether oxygens (including phenoxy) is 1. The molecule has 188 valence electrons. The number of pyridine rings is 2. The molecule has 1 saturated heterocycles. The first-order valence-corrected chi connectivity index (χ1v) is 11.7. The zero-order valence-corrected chi connectivity index (χ0v) is 20.0. The summed E-state index contributed by atoms with van der Waals surface area (Å²) in [5.74, 6) is 0.534. The van der Waals surface area contributed by atoms with Crippen molar-refractivity contribution >= 4 is 23.3 Å². The van der Waals surface area contributed by atoms with Gasteiger partial charge in [0.1, 0.15) is 5.82 Å². The van der Waals surface area contributed by atoms with Crippen LogP contribution in [0.25, 0.3) is 11.4 Å². The molecule has 3 aromatic heterocycles. The maximum atomic E-state index is 13.0. The SMILES string of the molecule is Cc1nc2c(cc1-c1ncccn1)CC[C@@]1(CCN(C(=O)Cc3cc(OC(F)(F)F)ncc3Cl)C1)N2. The van der Waals surface area contributed by atoms with E-state index in [-0.39, 0.29) is 28.5 Å². The third-order valence-corrected chi connectivity index (χ3v) is 6.87. The van der Waals surface area contributed by atoms with Crippen molar-refractivity contribution in [1.29, 1.82) is 0 Å². The number of amides is 1. The molecule has 1 fully saturated rings. The first-order chi connectivity index (χ1) is 17.1. The molecule has 1 amide bonds. The van der Waals surface area contributed by atoms with Crippen LogP contribution in [0.1, 0.15) is 29.7 Å². The van der Waals surface area contributed by atoms with Gasteiger partial charge in [0.05, 0.1) is 22.7 Å². The van der Waals surface area contributed by atoms with Crippen LogP contribution in [0.4, 0.5) is 19.0 Å². The summed E-state index contributed by atoms with van der Waals surface area (Å²) in [6, 6.07) is 4.88. The number of carbonyl (C=O) groups excluding carboxylic acids is 1. The standard InChI is InChI=1S/C24H22ClF3N6O2/c1-14-17(22-29-6-2-7-30-22)9-15-3-4-23(33-21(15)32-14)5-8-34(13-23)20(35)11-16-10-19(31-12-18(16)25)36-24(26,27)28/h2,6-7,9-10,12H,3-5,8,11,13H2,1H3,(H,32,33)/t23-/m0/s1. The highest BCUT2D eigenvalue weighted by Gasteiger charge is 2.42. The number of likely N-dealkylation sites (tertiary alicyclic amines) is 1. The van der Waals surface area contributed by atoms with Crippen LogP contribution >= 0.6 is 11.6 Å². The predicted molar refractivity (Wildman–Crippen MR) is 126 cm³/mol. The average molecular weight is 519 g/mol. The van der Waals surface area contributed by atoms with Gasteiger partial charge in [-0.25, -0.2) is 19.9 Å². The second-order valence-corrected chi connectivity index (χ2v) is 9.42. The smallest absolute Gasteiger partial charge is 0.388 e. The molecule has 8 nitrogen and oxygen atoms in total. The van der Waals surface area contributed by atoms with E-state index in [2.05, 4.69) is 31.1 Å². The van der Waals surface area contributed by atoms with Gasteiger partial charge in [0.2, 0.25) is 11.8 Å². The van der Waals surface area contributed by atoms with Gasteiger partial charge in [-0.2, -0.15) is 0 Å². The minimum Gasteiger partial charge on any atom is -0.388 e. The molecule has 0 aromatic carbocycles. The van der Waals surface area contributed by atoms with Gasteiger partial charge in [0, 0.05) is 43.3 Å². The van der Waals surface area contributed by atoms with Crippen molar-refractivity contribution in [2.24, 2.45) is 0 Å². The summed E-state index contributed by atoms with van der Waals surface area (Å²) in [6.45, 7) is 2.89. The summed E-state index contributed by atoms with van der Waals surface area (Å²) < 4.78 is 41.5. The Balaban J connectivity index is 1.28. The molecule has 1 atom stereocenters. The zero-order chi connectivity index (χ0) is 25.5. The molecule has 0 bridgehead atoms. The number of nitrogens with one attached hydrogen (secondary N) is 1. The van der Waals surface area contributed by atoms with Gasteiger partial charge >= 0.3 is 6.36 Å². The Labute approximate surface area is 209 Å². The van der Waals surface area contributed by atoms with Crippen LogP contribution in [0.15, 0.2) is 36.8 Å². The number of carbonyl (C=O) groups is 1. The summed E-state index contributed by atoms with van der Waals surface area (Å²) in [4.78, 5) is 31.7. The largest absolute Gasteiger partial charge is 0.574 e. The van der Waals surface area contributed by atoms with Crippen LogP contribution in [0.3, 0.4) is 0 Å². The number of alkyl halides is 3. The Morgan fingerprint density at radius 3 is 2.75 bits per heavy atom. The average Bonchev–Trinajstić information content (AvgIpc) is 3.24. The van der Waals surface area contributed by atoms with Gasteiger partial charge in [-0.05, 0) is 49.4 Å². The number of hydrogen-bond donors (Lipinski definition) is 1. The molecule has 0 unspecified atom stereocenters. The minimum atomic E-state index is -4.88. The van der Waals surface area contributed by atoms with E-state index in [1.165, 1.54) is 0 Å². The fraction of sp³-hybridized carbons (Fsp3) is 0.375. The Morgan fingerprint density at radius 2 is 2.00 bits per heavy atom. The molecular formula is C24H22ClF3N6O2. The summed E-state index contributed by atoms with van der Waals surface area (Å²) in [5.41, 5.74) is 2.67. The monoisotopic (exact) mass is 518 g/mol. The molecule has 0 saturated carbocycles. The molecule has 3 aromatic rings. The maximum absolute atomic E-state index is 13.0. The van der Waals surface area contributed by atoms with E-state index in [4.69, 9.17) is 16.6 Å². The number of halogens is 4. The van der Waals surface area contributed by atoms with E-state index >= 15 is 0 Å². The van der Waals surface area contributed by atoms with Crippen LogP contribution in [0.5, 0.6) is 5.88 Å². The van der Waals surface area contributed by atoms with Gasteiger partial charge in [0.25, 0.3) is 0 Å². The van der Waals surface area contributed by atoms with Crippen molar-refractivity contribution in [2.45, 2.75) is 44.5 Å². The van der Waals surface area contributed by atoms with Crippen molar-refractivity contribution in [2.75, 3.05) is 18.4 Å². The van der Waals surface area contributed by atoms with Gasteiger partial charge in [-0.3, -0.25) is 4.79 Å². The summed E-state index contributed by atoms with van der Waals surface area (Å²) in [7, 11) is 0. The number of hydrogen-bond acceptors (Lipinski definition) is 7. The van der Waals surface area contributed by atoms with Gasteiger partial charge in [-0.1, -0.05) is 11.6 Å². The lowest BCUT2D eigenvalue weighted by atomic mass is 9.86. The first kappa shape index (κ1) is 24.2. The topological polar surface area (TPSA) is 93.1 Å². The number of rotatable bonds is 4. The van der Waals surface area contributed by atoms with Crippen LogP contribution in [0, 0.1) is 6.92 Å². The summed E-state index contributed by atoms with van der Waals surface area (Å²) >= 11 is 6.09. The van der Waals surface area contributed by atoms with Crippen molar-refractivity contribution in [1.82, 2.24) is 24.8 Å². The van der Waals surface area contributed by atoms with Crippen LogP contribution in [0.2, 0.25) is 5.02 Å². The molecule has 5 rings (SSSR count). The van der Waals surface area contributed by atoms with Crippen LogP contribution in [-0.4, -0.2) is 55.7 Å². The van der Waals surface area contributed by atoms with Crippen LogP contribution in [-0.2, 0) is 17.6 Å². The molecule has 1 spiro atoms. The number of anilines is 1. The fourth-order valence-electron chi connectivity index (χ4n) is 4.73. The third kappa shape index (κ3) is 5.06. The van der Waals surface area contributed by atoms with E-state index in [9.17, 15) is 18.0 Å². The normalized spacial score (nSPS) is 19.2. The van der Waals surface area contributed by atoms with E-state index in [1.54, 1.807) is 23.4 Å². The van der Waals surface area contributed by atoms with E-state index in [0.717, 1.165) is 54.2 Å². The van der Waals surface area contributed by atoms with Crippen molar-refractivity contribution in [3.8, 4) is 17.3 Å². The second kappa shape index (κ2) is 9.20.